The van der Waals surface area contributed by atoms with E-state index in [9.17, 15) is 4.79 Å². The number of benzene rings is 2. The molecular formula is C21H26ClN3O2. The van der Waals surface area contributed by atoms with Crippen LogP contribution in [-0.2, 0) is 6.42 Å². The molecule has 0 bridgehead atoms. The van der Waals surface area contributed by atoms with E-state index >= 15 is 0 Å². The molecule has 6 heteroatoms. The van der Waals surface area contributed by atoms with Gasteiger partial charge in [-0.15, -0.1) is 12.4 Å². The molecule has 0 fully saturated rings. The van der Waals surface area contributed by atoms with E-state index in [4.69, 9.17) is 10.1 Å². The van der Waals surface area contributed by atoms with Crippen molar-refractivity contribution >= 4 is 29.8 Å². The van der Waals surface area contributed by atoms with Crippen molar-refractivity contribution in [3.8, 4) is 5.75 Å². The largest absolute Gasteiger partial charge is 0.490 e. The van der Waals surface area contributed by atoms with Crippen molar-refractivity contribution in [2.45, 2.75) is 32.3 Å². The number of hydrogen-bond acceptors (Lipinski definition) is 3. The summed E-state index contributed by atoms with van der Waals surface area (Å²) in [6.07, 6.45) is 3.29. The van der Waals surface area contributed by atoms with Crippen LogP contribution in [-0.4, -0.2) is 36.8 Å². The molecule has 2 N–H and O–H groups in total. The smallest absolute Gasteiger partial charge is 0.255 e. The molecule has 2 aromatic carbocycles. The molecule has 0 saturated carbocycles. The van der Waals surface area contributed by atoms with Crippen LogP contribution >= 0.6 is 12.4 Å². The zero-order valence-corrected chi connectivity index (χ0v) is 16.7. The average molecular weight is 388 g/mol. The maximum Gasteiger partial charge on any atom is 0.255 e. The summed E-state index contributed by atoms with van der Waals surface area (Å²) in [6, 6.07) is 12.9. The van der Waals surface area contributed by atoms with Gasteiger partial charge >= 0.3 is 0 Å². The quantitative estimate of drug-likeness (QED) is 0.605. The highest BCUT2D eigenvalue weighted by molar-refractivity contribution is 6.05. The molecule has 1 aliphatic rings. The number of amides is 1. The van der Waals surface area contributed by atoms with Crippen LogP contribution in [0, 0.1) is 5.41 Å². The Morgan fingerprint density at radius 3 is 2.48 bits per heavy atom. The SMILES string of the molecule is CCC1CCc2cc(NC(=O)c3ccc(C(=N)N(C)C)cc3)ccc2O1.Cl. The minimum atomic E-state index is -0.156. The van der Waals surface area contributed by atoms with Crippen molar-refractivity contribution in [1.82, 2.24) is 4.90 Å². The Bertz CT molecular complexity index is 819. The number of ether oxygens (including phenoxy) is 1. The molecule has 1 heterocycles. The lowest BCUT2D eigenvalue weighted by atomic mass is 10.0. The maximum atomic E-state index is 12.5. The highest BCUT2D eigenvalue weighted by Crippen LogP contribution is 2.31. The lowest BCUT2D eigenvalue weighted by Gasteiger charge is -2.25. The van der Waals surface area contributed by atoms with Gasteiger partial charge in [-0.2, -0.15) is 0 Å². The van der Waals surface area contributed by atoms with Crippen molar-refractivity contribution < 1.29 is 9.53 Å². The normalized spacial score (nSPS) is 15.0. The van der Waals surface area contributed by atoms with E-state index in [1.54, 1.807) is 29.2 Å². The molecular weight excluding hydrogens is 362 g/mol. The number of nitrogens with one attached hydrogen (secondary N) is 2. The molecule has 0 aliphatic carbocycles. The fourth-order valence-corrected chi connectivity index (χ4v) is 3.05. The molecule has 0 aromatic heterocycles. The minimum absolute atomic E-state index is 0. The van der Waals surface area contributed by atoms with Gasteiger partial charge in [0.2, 0.25) is 0 Å². The van der Waals surface area contributed by atoms with Gasteiger partial charge in [-0.25, -0.2) is 0 Å². The number of carbonyl (C=O) groups is 1. The van der Waals surface area contributed by atoms with Crippen LogP contribution in [0.1, 0.15) is 41.3 Å². The molecule has 27 heavy (non-hydrogen) atoms. The second-order valence-electron chi connectivity index (χ2n) is 6.78. The van der Waals surface area contributed by atoms with E-state index in [-0.39, 0.29) is 18.3 Å². The highest BCUT2D eigenvalue weighted by Gasteiger charge is 2.19. The topological polar surface area (TPSA) is 65.4 Å². The summed E-state index contributed by atoms with van der Waals surface area (Å²) in [7, 11) is 3.65. The van der Waals surface area contributed by atoms with Crippen LogP contribution in [0.3, 0.4) is 0 Å². The first kappa shape index (κ1) is 20.8. The van der Waals surface area contributed by atoms with Gasteiger partial charge in [-0.05, 0) is 55.2 Å². The second kappa shape index (κ2) is 8.91. The third kappa shape index (κ3) is 4.80. The van der Waals surface area contributed by atoms with Crippen LogP contribution in [0.4, 0.5) is 5.69 Å². The summed E-state index contributed by atoms with van der Waals surface area (Å²) in [6.45, 7) is 2.13. The first-order chi connectivity index (χ1) is 12.5. The Morgan fingerprint density at radius 1 is 1.19 bits per heavy atom. The van der Waals surface area contributed by atoms with Gasteiger partial charge < -0.3 is 15.0 Å². The highest BCUT2D eigenvalue weighted by atomic mass is 35.5. The number of nitrogens with zero attached hydrogens (tertiary/aromatic N) is 1. The van der Waals surface area contributed by atoms with Gasteiger partial charge in [-0.1, -0.05) is 19.1 Å². The molecule has 0 spiro atoms. The van der Waals surface area contributed by atoms with Gasteiger partial charge in [0.1, 0.15) is 11.6 Å². The summed E-state index contributed by atoms with van der Waals surface area (Å²) in [5.41, 5.74) is 3.27. The number of hydrogen-bond donors (Lipinski definition) is 2. The zero-order chi connectivity index (χ0) is 18.7. The molecule has 1 atom stereocenters. The summed E-state index contributed by atoms with van der Waals surface area (Å²) in [5, 5.41) is 10.9. The van der Waals surface area contributed by atoms with Crippen molar-refractivity contribution in [2.24, 2.45) is 0 Å². The van der Waals surface area contributed by atoms with Crippen LogP contribution in [0.25, 0.3) is 0 Å². The van der Waals surface area contributed by atoms with Crippen molar-refractivity contribution in [3.63, 3.8) is 0 Å². The van der Waals surface area contributed by atoms with E-state index in [0.717, 1.165) is 41.8 Å². The average Bonchev–Trinajstić information content (AvgIpc) is 2.67. The zero-order valence-electron chi connectivity index (χ0n) is 15.9. The number of halogens is 1. The predicted octanol–water partition coefficient (Wildman–Crippen LogP) is 4.35. The summed E-state index contributed by atoms with van der Waals surface area (Å²) < 4.78 is 5.94. The number of carbonyl (C=O) groups excluding carboxylic acids is 1. The van der Waals surface area contributed by atoms with Crippen LogP contribution in [0.15, 0.2) is 42.5 Å². The molecule has 1 amide bonds. The Morgan fingerprint density at radius 2 is 1.85 bits per heavy atom. The number of fused-ring (bicyclic) bond motifs is 1. The predicted molar refractivity (Wildman–Crippen MR) is 112 cm³/mol. The standard InChI is InChI=1S/C21H25N3O2.ClH/c1-4-18-11-9-16-13-17(10-12-19(16)26-18)23-21(25)15-7-5-14(6-8-15)20(22)24(2)3;/h5-8,10,12-13,18,22H,4,9,11H2,1-3H3,(H,23,25);1H. The van der Waals surface area contributed by atoms with Gasteiger partial charge in [0.25, 0.3) is 5.91 Å². The van der Waals surface area contributed by atoms with E-state index in [0.29, 0.717) is 17.5 Å². The number of amidine groups is 1. The second-order valence-corrected chi connectivity index (χ2v) is 6.78. The summed E-state index contributed by atoms with van der Waals surface area (Å²) >= 11 is 0. The third-order valence-corrected chi connectivity index (χ3v) is 4.67. The Kier molecular flexibility index (Phi) is 6.86. The fourth-order valence-electron chi connectivity index (χ4n) is 3.05. The summed E-state index contributed by atoms with van der Waals surface area (Å²) in [5.74, 6) is 1.18. The molecule has 0 radical (unpaired) electrons. The van der Waals surface area contributed by atoms with E-state index < -0.39 is 0 Å². The molecule has 2 aromatic rings. The molecule has 0 saturated heterocycles. The first-order valence-electron chi connectivity index (χ1n) is 8.95. The van der Waals surface area contributed by atoms with E-state index in [2.05, 4.69) is 12.2 Å². The lowest BCUT2D eigenvalue weighted by Crippen LogP contribution is -2.22. The summed E-state index contributed by atoms with van der Waals surface area (Å²) in [4.78, 5) is 14.2. The van der Waals surface area contributed by atoms with Crippen molar-refractivity contribution in [2.75, 3.05) is 19.4 Å². The van der Waals surface area contributed by atoms with Crippen molar-refractivity contribution in [3.05, 3.63) is 59.2 Å². The molecule has 1 unspecified atom stereocenters. The molecule has 144 valence electrons. The Balaban J connectivity index is 0.00000261. The number of rotatable bonds is 4. The molecule has 3 rings (SSSR count). The van der Waals surface area contributed by atoms with E-state index in [1.807, 2.05) is 32.3 Å². The Labute approximate surface area is 166 Å². The van der Waals surface area contributed by atoms with E-state index in [1.165, 1.54) is 0 Å². The first-order valence-corrected chi connectivity index (χ1v) is 8.95. The molecule has 5 nitrogen and oxygen atoms in total. The lowest BCUT2D eigenvalue weighted by molar-refractivity contribution is 0.102. The van der Waals surface area contributed by atoms with Crippen molar-refractivity contribution in [1.29, 1.82) is 5.41 Å². The monoisotopic (exact) mass is 387 g/mol. The fraction of sp³-hybridized carbons (Fsp3) is 0.333. The number of aryl methyl sites for hydroxylation is 1. The van der Waals surface area contributed by atoms with Gasteiger partial charge in [0.05, 0.1) is 6.10 Å². The van der Waals surface area contributed by atoms with Gasteiger partial charge in [-0.3, -0.25) is 10.2 Å². The minimum Gasteiger partial charge on any atom is -0.490 e. The van der Waals surface area contributed by atoms with Crippen LogP contribution in [0.2, 0.25) is 0 Å². The third-order valence-electron chi connectivity index (χ3n) is 4.67. The number of anilines is 1. The maximum absolute atomic E-state index is 12.5. The van der Waals surface area contributed by atoms with Crippen LogP contribution in [0.5, 0.6) is 5.75 Å². The molecule has 1 aliphatic heterocycles. The van der Waals surface area contributed by atoms with Gasteiger partial charge in [0.15, 0.2) is 0 Å². The van der Waals surface area contributed by atoms with Gasteiger partial charge in [0, 0.05) is 30.9 Å². The Hall–Kier alpha value is -2.53. The van der Waals surface area contributed by atoms with Crippen LogP contribution < -0.4 is 10.1 Å².